The summed E-state index contributed by atoms with van der Waals surface area (Å²) in [5, 5.41) is 10.0. The molecule has 2 aromatic heterocycles. The zero-order chi connectivity index (χ0) is 23.1. The summed E-state index contributed by atoms with van der Waals surface area (Å²) < 4.78 is 1.48. The predicted octanol–water partition coefficient (Wildman–Crippen LogP) is 5.36. The van der Waals surface area contributed by atoms with Gasteiger partial charge in [0.25, 0.3) is 5.56 Å². The normalized spacial score (nSPS) is 15.2. The van der Waals surface area contributed by atoms with Gasteiger partial charge in [0.05, 0.1) is 4.88 Å². The fourth-order valence-corrected chi connectivity index (χ4v) is 5.31. The van der Waals surface area contributed by atoms with Crippen molar-refractivity contribution >= 4 is 17.1 Å². The van der Waals surface area contributed by atoms with Crippen molar-refractivity contribution in [2.45, 2.75) is 32.6 Å². The molecule has 4 aromatic rings. The molecule has 0 amide bonds. The number of hydrogen-bond acceptors (Lipinski definition) is 5. The van der Waals surface area contributed by atoms with Gasteiger partial charge in [-0.05, 0) is 54.5 Å². The maximum absolute atomic E-state index is 13.3. The number of Topliss-reactive ketones (excluding diaryl/α,β-unsaturated/α-hetero) is 1. The molecule has 2 heterocycles. The fraction of sp³-hybridized carbons (Fsp3) is 0.185. The molecule has 0 N–H and O–H groups in total. The Morgan fingerprint density at radius 3 is 2.55 bits per heavy atom. The molecule has 0 bridgehead atoms. The van der Waals surface area contributed by atoms with E-state index in [2.05, 4.69) is 31.0 Å². The van der Waals surface area contributed by atoms with Crippen LogP contribution in [0.2, 0.25) is 0 Å². The number of pyridine rings is 1. The summed E-state index contributed by atoms with van der Waals surface area (Å²) in [4.78, 5) is 31.8. The van der Waals surface area contributed by atoms with Gasteiger partial charge in [-0.15, -0.1) is 0 Å². The summed E-state index contributed by atoms with van der Waals surface area (Å²) in [6.45, 7) is 4.13. The van der Waals surface area contributed by atoms with Gasteiger partial charge in [-0.2, -0.15) is 5.26 Å². The van der Waals surface area contributed by atoms with Gasteiger partial charge in [-0.25, -0.2) is 4.98 Å². The minimum atomic E-state index is -0.432. The van der Waals surface area contributed by atoms with Crippen LogP contribution in [-0.4, -0.2) is 15.3 Å². The Morgan fingerprint density at radius 2 is 1.82 bits per heavy atom. The van der Waals surface area contributed by atoms with Gasteiger partial charge in [0.2, 0.25) is 0 Å². The molecule has 1 aliphatic carbocycles. The Morgan fingerprint density at radius 1 is 1.03 bits per heavy atom. The number of nitriles is 1. The number of carbonyl (C=O) groups excluding carboxylic acids is 1. The van der Waals surface area contributed by atoms with Crippen LogP contribution in [0.1, 0.15) is 50.6 Å². The number of aromatic nitrogens is 2. The number of aryl methyl sites for hydroxylation is 2. The van der Waals surface area contributed by atoms with Gasteiger partial charge in [0.1, 0.15) is 11.6 Å². The minimum absolute atomic E-state index is 0.0241. The zero-order valence-electron chi connectivity index (χ0n) is 18.3. The third-order valence-electron chi connectivity index (χ3n) is 6.34. The third-order valence-corrected chi connectivity index (χ3v) is 7.37. The smallest absolute Gasteiger partial charge is 0.275 e. The molecule has 2 aromatic carbocycles. The van der Waals surface area contributed by atoms with Gasteiger partial charge in [0, 0.05) is 23.9 Å². The lowest BCUT2D eigenvalue weighted by molar-refractivity contribution is 0.0962. The average Bonchev–Trinajstić information content (AvgIpc) is 3.30. The molecule has 0 saturated carbocycles. The van der Waals surface area contributed by atoms with Gasteiger partial charge in [-0.3, -0.25) is 14.2 Å². The lowest BCUT2D eigenvalue weighted by atomic mass is 9.81. The molecule has 0 spiro atoms. The van der Waals surface area contributed by atoms with E-state index < -0.39 is 5.56 Å². The van der Waals surface area contributed by atoms with Crippen molar-refractivity contribution in [2.24, 2.45) is 0 Å². The van der Waals surface area contributed by atoms with E-state index in [1.807, 2.05) is 42.5 Å². The van der Waals surface area contributed by atoms with Gasteiger partial charge in [0.15, 0.2) is 10.9 Å². The van der Waals surface area contributed by atoms with Gasteiger partial charge < -0.3 is 0 Å². The summed E-state index contributed by atoms with van der Waals surface area (Å²) in [6, 6.07) is 19.5. The number of nitrogens with zero attached hydrogens (tertiary/aromatic N) is 3. The van der Waals surface area contributed by atoms with Crippen molar-refractivity contribution in [3.63, 3.8) is 0 Å². The highest BCUT2D eigenvalue weighted by molar-refractivity contribution is 7.17. The van der Waals surface area contributed by atoms with Crippen LogP contribution in [0.3, 0.4) is 0 Å². The molecule has 0 radical (unpaired) electrons. The number of rotatable bonds is 3. The molecule has 0 saturated heterocycles. The monoisotopic (exact) mass is 451 g/mol. The molecule has 162 valence electrons. The first-order valence-corrected chi connectivity index (χ1v) is 11.6. The van der Waals surface area contributed by atoms with Crippen molar-refractivity contribution < 1.29 is 4.79 Å². The maximum Gasteiger partial charge on any atom is 0.275 e. The highest BCUT2D eigenvalue weighted by Crippen LogP contribution is 2.35. The highest BCUT2D eigenvalue weighted by atomic mass is 32.1. The molecule has 0 fully saturated rings. The Balaban J connectivity index is 1.66. The molecule has 1 aliphatic rings. The van der Waals surface area contributed by atoms with E-state index in [1.165, 1.54) is 33.1 Å². The number of carbonyl (C=O) groups is 1. The number of fused-ring (bicyclic) bond motifs is 1. The van der Waals surface area contributed by atoms with E-state index in [4.69, 9.17) is 0 Å². The minimum Gasteiger partial charge on any atom is -0.294 e. The molecule has 0 unspecified atom stereocenters. The third kappa shape index (κ3) is 3.71. The molecule has 33 heavy (non-hydrogen) atoms. The summed E-state index contributed by atoms with van der Waals surface area (Å²) >= 11 is 1.39. The number of hydrogen-bond donors (Lipinski definition) is 0. The van der Waals surface area contributed by atoms with Gasteiger partial charge >= 0.3 is 0 Å². The average molecular weight is 452 g/mol. The highest BCUT2D eigenvalue weighted by Gasteiger charge is 2.31. The molecular formula is C27H21N3O2S. The molecule has 1 atom stereocenters. The summed E-state index contributed by atoms with van der Waals surface area (Å²) in [5.41, 5.74) is 5.09. The van der Waals surface area contributed by atoms with E-state index in [1.54, 1.807) is 6.20 Å². The molecule has 0 aliphatic heterocycles. The van der Waals surface area contributed by atoms with Gasteiger partial charge in [-0.1, -0.05) is 59.9 Å². The van der Waals surface area contributed by atoms with E-state index in [0.29, 0.717) is 29.2 Å². The molecule has 6 heteroatoms. The van der Waals surface area contributed by atoms with Crippen molar-refractivity contribution in [2.75, 3.05) is 0 Å². The second-order valence-electron chi connectivity index (χ2n) is 8.42. The Bertz CT molecular complexity index is 1490. The van der Waals surface area contributed by atoms with Crippen LogP contribution in [0.25, 0.3) is 15.6 Å². The summed E-state index contributed by atoms with van der Waals surface area (Å²) in [6.07, 6.45) is 2.64. The topological polar surface area (TPSA) is 75.8 Å². The van der Waals surface area contributed by atoms with Crippen LogP contribution in [0.15, 0.2) is 65.6 Å². The standard InChI is InChI=1S/C27H21N3O2S/c1-16-8-9-19(10-17(16)2)25-15-29-27(33-25)30-23-12-20(18-6-4-3-5-7-18)13-24(31)22(23)11-21(14-28)26(30)32/h3-11,15,20H,12-13H2,1-2H3/t20-/m1/s1. The van der Waals surface area contributed by atoms with Crippen LogP contribution in [0.4, 0.5) is 0 Å². The van der Waals surface area contributed by atoms with Crippen molar-refractivity contribution in [1.82, 2.24) is 9.55 Å². The van der Waals surface area contributed by atoms with Crippen LogP contribution < -0.4 is 5.56 Å². The Kier molecular flexibility index (Phi) is 5.27. The second-order valence-corrected chi connectivity index (χ2v) is 9.43. The maximum atomic E-state index is 13.3. The van der Waals surface area contributed by atoms with E-state index >= 15 is 0 Å². The van der Waals surface area contributed by atoms with Crippen molar-refractivity contribution in [1.29, 1.82) is 5.26 Å². The van der Waals surface area contributed by atoms with Crippen molar-refractivity contribution in [3.05, 3.63) is 105 Å². The fourth-order valence-electron chi connectivity index (χ4n) is 4.37. The van der Waals surface area contributed by atoms with Crippen LogP contribution in [0, 0.1) is 25.2 Å². The SMILES string of the molecule is Cc1ccc(-c2cnc(-n3c4c(cc(C#N)c3=O)C(=O)C[C@H](c3ccccc3)C4)s2)cc1C. The lowest BCUT2D eigenvalue weighted by Crippen LogP contribution is -2.31. The Hall–Kier alpha value is -3.82. The first-order chi connectivity index (χ1) is 16.0. The van der Waals surface area contributed by atoms with Crippen LogP contribution in [0.5, 0.6) is 0 Å². The van der Waals surface area contributed by atoms with E-state index in [0.717, 1.165) is 16.0 Å². The van der Waals surface area contributed by atoms with Crippen LogP contribution >= 0.6 is 11.3 Å². The largest absolute Gasteiger partial charge is 0.294 e. The zero-order valence-corrected chi connectivity index (χ0v) is 19.1. The molecule has 5 nitrogen and oxygen atoms in total. The number of ketones is 1. The molecular weight excluding hydrogens is 430 g/mol. The first-order valence-electron chi connectivity index (χ1n) is 10.8. The summed E-state index contributed by atoms with van der Waals surface area (Å²) in [5.74, 6) is -0.0785. The molecule has 5 rings (SSSR count). The first kappa shape index (κ1) is 21.0. The van der Waals surface area contributed by atoms with Crippen molar-refractivity contribution in [3.8, 4) is 21.6 Å². The predicted molar refractivity (Wildman–Crippen MR) is 129 cm³/mol. The number of benzene rings is 2. The van der Waals surface area contributed by atoms with E-state index in [-0.39, 0.29) is 17.3 Å². The van der Waals surface area contributed by atoms with E-state index in [9.17, 15) is 14.9 Å². The summed E-state index contributed by atoms with van der Waals surface area (Å²) in [7, 11) is 0. The Labute approximate surface area is 195 Å². The number of thiazole rings is 1. The van der Waals surface area contributed by atoms with Crippen LogP contribution in [-0.2, 0) is 6.42 Å². The lowest BCUT2D eigenvalue weighted by Gasteiger charge is -2.26. The second kappa shape index (κ2) is 8.27. The quantitative estimate of drug-likeness (QED) is 0.420.